The van der Waals surface area contributed by atoms with Gasteiger partial charge in [-0.2, -0.15) is 0 Å². The standard InChI is InChI=1S/C7H4FNO5/c8-14-7(11)4-1-2-6(10)5(3-4)9(12)13/h1-3,10H. The van der Waals surface area contributed by atoms with E-state index in [1.165, 1.54) is 0 Å². The van der Waals surface area contributed by atoms with Crippen molar-refractivity contribution < 1.29 is 24.3 Å². The van der Waals surface area contributed by atoms with E-state index in [1.807, 2.05) is 0 Å². The summed E-state index contributed by atoms with van der Waals surface area (Å²) in [6, 6.07) is 2.63. The van der Waals surface area contributed by atoms with Gasteiger partial charge in [0, 0.05) is 10.6 Å². The molecule has 0 aromatic heterocycles. The van der Waals surface area contributed by atoms with Crippen molar-refractivity contribution in [3.63, 3.8) is 0 Å². The molecule has 1 rings (SSSR count). The number of carbonyl (C=O) groups is 1. The minimum Gasteiger partial charge on any atom is -0.502 e. The molecule has 0 saturated carbocycles. The summed E-state index contributed by atoms with van der Waals surface area (Å²) in [6.45, 7) is 0. The quantitative estimate of drug-likeness (QED) is 0.575. The van der Waals surface area contributed by atoms with Crippen LogP contribution in [-0.4, -0.2) is 16.0 Å². The van der Waals surface area contributed by atoms with Crippen LogP contribution < -0.4 is 0 Å². The lowest BCUT2D eigenvalue weighted by Crippen LogP contribution is -1.99. The molecule has 0 spiro atoms. The van der Waals surface area contributed by atoms with Crippen LogP contribution in [-0.2, 0) is 4.94 Å². The highest BCUT2D eigenvalue weighted by atomic mass is 19.3. The van der Waals surface area contributed by atoms with Gasteiger partial charge >= 0.3 is 11.7 Å². The number of rotatable bonds is 2. The molecule has 0 atom stereocenters. The smallest absolute Gasteiger partial charge is 0.379 e. The van der Waals surface area contributed by atoms with Gasteiger partial charge in [-0.15, -0.1) is 0 Å². The van der Waals surface area contributed by atoms with Gasteiger partial charge in [-0.1, -0.05) is 0 Å². The SMILES string of the molecule is O=C(OF)c1ccc(O)c([N+](=O)[O-])c1. The first kappa shape index (κ1) is 9.90. The monoisotopic (exact) mass is 201 g/mol. The van der Waals surface area contributed by atoms with Gasteiger partial charge in [-0.05, 0) is 12.1 Å². The fourth-order valence-electron chi connectivity index (χ4n) is 0.841. The molecule has 6 nitrogen and oxygen atoms in total. The van der Waals surface area contributed by atoms with Crippen LogP contribution in [0.15, 0.2) is 18.2 Å². The minimum absolute atomic E-state index is 0.350. The lowest BCUT2D eigenvalue weighted by molar-refractivity contribution is -0.385. The van der Waals surface area contributed by atoms with Crippen LogP contribution in [0.3, 0.4) is 0 Å². The number of nitro benzene ring substituents is 1. The third kappa shape index (κ3) is 1.76. The molecule has 0 aliphatic carbocycles. The Morgan fingerprint density at radius 1 is 1.57 bits per heavy atom. The van der Waals surface area contributed by atoms with Crippen LogP contribution in [0.5, 0.6) is 5.75 Å². The average Bonchev–Trinajstić information content (AvgIpc) is 2.17. The number of phenolic OH excluding ortho intramolecular Hbond substituents is 1. The van der Waals surface area contributed by atoms with E-state index in [0.29, 0.717) is 0 Å². The lowest BCUT2D eigenvalue weighted by atomic mass is 10.2. The van der Waals surface area contributed by atoms with Crippen LogP contribution in [0.25, 0.3) is 0 Å². The average molecular weight is 201 g/mol. The van der Waals surface area contributed by atoms with Gasteiger partial charge in [0.05, 0.1) is 10.5 Å². The van der Waals surface area contributed by atoms with E-state index in [2.05, 4.69) is 4.94 Å². The molecule has 0 amide bonds. The van der Waals surface area contributed by atoms with E-state index in [4.69, 9.17) is 5.11 Å². The maximum atomic E-state index is 11.4. The summed E-state index contributed by atoms with van der Waals surface area (Å²) >= 11 is 0. The Hall–Kier alpha value is -2.18. The van der Waals surface area contributed by atoms with E-state index in [9.17, 15) is 19.4 Å². The molecular formula is C7H4FNO5. The Morgan fingerprint density at radius 3 is 2.71 bits per heavy atom. The highest BCUT2D eigenvalue weighted by Gasteiger charge is 2.17. The minimum atomic E-state index is -1.35. The zero-order chi connectivity index (χ0) is 10.7. The van der Waals surface area contributed by atoms with Crippen LogP contribution in [0.1, 0.15) is 10.4 Å². The van der Waals surface area contributed by atoms with Crippen molar-refractivity contribution in [2.45, 2.75) is 0 Å². The number of nitrogens with zero attached hydrogens (tertiary/aromatic N) is 1. The summed E-state index contributed by atoms with van der Waals surface area (Å²) in [6.07, 6.45) is 0. The molecular weight excluding hydrogens is 197 g/mol. The molecule has 0 bridgehead atoms. The van der Waals surface area contributed by atoms with Gasteiger partial charge < -0.3 is 5.11 Å². The number of hydrogen-bond acceptors (Lipinski definition) is 5. The van der Waals surface area contributed by atoms with Gasteiger partial charge in [-0.3, -0.25) is 10.1 Å². The third-order valence-corrected chi connectivity index (χ3v) is 1.48. The molecule has 1 aromatic carbocycles. The fourth-order valence-corrected chi connectivity index (χ4v) is 0.841. The number of aromatic hydroxyl groups is 1. The van der Waals surface area contributed by atoms with Gasteiger partial charge in [-0.25, -0.2) is 9.74 Å². The molecule has 7 heteroatoms. The second-order valence-electron chi connectivity index (χ2n) is 2.33. The summed E-state index contributed by atoms with van der Waals surface area (Å²) in [5, 5.41) is 19.3. The van der Waals surface area contributed by atoms with Crippen LogP contribution >= 0.6 is 0 Å². The first-order valence-electron chi connectivity index (χ1n) is 3.36. The summed E-state index contributed by atoms with van der Waals surface area (Å²) < 4.78 is 11.4. The van der Waals surface area contributed by atoms with Crippen molar-refractivity contribution in [2.24, 2.45) is 0 Å². The molecule has 1 aromatic rings. The number of hydrogen-bond donors (Lipinski definition) is 1. The number of carbonyl (C=O) groups excluding carboxylic acids is 1. The van der Waals surface area contributed by atoms with Crippen LogP contribution in [0.4, 0.5) is 10.2 Å². The largest absolute Gasteiger partial charge is 0.502 e. The van der Waals surface area contributed by atoms with Crippen LogP contribution in [0.2, 0.25) is 0 Å². The number of nitro groups is 1. The fraction of sp³-hybridized carbons (Fsp3) is 0. The predicted octanol–water partition coefficient (Wildman–Crippen LogP) is 1.34. The van der Waals surface area contributed by atoms with E-state index in [0.717, 1.165) is 18.2 Å². The topological polar surface area (TPSA) is 89.7 Å². The summed E-state index contributed by atoms with van der Waals surface area (Å²) in [4.78, 5) is 22.9. The molecule has 1 N–H and O–H groups in total. The first-order valence-corrected chi connectivity index (χ1v) is 3.36. The Morgan fingerprint density at radius 2 is 2.21 bits per heavy atom. The van der Waals surface area contributed by atoms with Gasteiger partial charge in [0.15, 0.2) is 5.75 Å². The molecule has 0 unspecified atom stereocenters. The van der Waals surface area contributed by atoms with Gasteiger partial charge in [0.2, 0.25) is 0 Å². The number of phenols is 1. The third-order valence-electron chi connectivity index (χ3n) is 1.48. The maximum Gasteiger partial charge on any atom is 0.379 e. The Balaban J connectivity index is 3.19. The second kappa shape index (κ2) is 3.69. The summed E-state index contributed by atoms with van der Waals surface area (Å²) in [7, 11) is 0. The van der Waals surface area contributed by atoms with Gasteiger partial charge in [0.1, 0.15) is 0 Å². The zero-order valence-electron chi connectivity index (χ0n) is 6.64. The molecule has 0 saturated heterocycles. The Bertz CT molecular complexity index is 392. The number of benzene rings is 1. The second-order valence-corrected chi connectivity index (χ2v) is 2.33. The molecule has 0 aliphatic rings. The van der Waals surface area contributed by atoms with Crippen LogP contribution in [0, 0.1) is 10.1 Å². The predicted molar refractivity (Wildman–Crippen MR) is 41.3 cm³/mol. The molecule has 0 fully saturated rings. The highest BCUT2D eigenvalue weighted by Crippen LogP contribution is 2.26. The maximum absolute atomic E-state index is 11.4. The van der Waals surface area contributed by atoms with E-state index >= 15 is 0 Å². The van der Waals surface area contributed by atoms with E-state index in [-0.39, 0.29) is 5.56 Å². The number of halogens is 1. The molecule has 0 aliphatic heterocycles. The van der Waals surface area contributed by atoms with Crippen molar-refractivity contribution in [3.05, 3.63) is 33.9 Å². The van der Waals surface area contributed by atoms with Crippen molar-refractivity contribution in [2.75, 3.05) is 0 Å². The van der Waals surface area contributed by atoms with E-state index < -0.39 is 22.3 Å². The lowest BCUT2D eigenvalue weighted by Gasteiger charge is -1.97. The van der Waals surface area contributed by atoms with Crippen molar-refractivity contribution >= 4 is 11.7 Å². The normalized spacial score (nSPS) is 9.50. The Labute approximate surface area is 76.6 Å². The highest BCUT2D eigenvalue weighted by molar-refractivity contribution is 5.90. The molecule has 0 heterocycles. The molecule has 14 heavy (non-hydrogen) atoms. The summed E-state index contributed by atoms with van der Waals surface area (Å²) in [5.41, 5.74) is -1.04. The van der Waals surface area contributed by atoms with Crippen molar-refractivity contribution in [1.29, 1.82) is 0 Å². The first-order chi connectivity index (χ1) is 6.56. The van der Waals surface area contributed by atoms with E-state index in [1.54, 1.807) is 0 Å². The molecule has 0 radical (unpaired) electrons. The molecule has 74 valence electrons. The zero-order valence-corrected chi connectivity index (χ0v) is 6.64. The van der Waals surface area contributed by atoms with Crippen molar-refractivity contribution in [1.82, 2.24) is 0 Å². The Kier molecular flexibility index (Phi) is 2.61. The summed E-state index contributed by atoms with van der Waals surface area (Å²) in [5.74, 6) is -1.96. The van der Waals surface area contributed by atoms with Crippen molar-refractivity contribution in [3.8, 4) is 5.75 Å². The van der Waals surface area contributed by atoms with Gasteiger partial charge in [0.25, 0.3) is 0 Å².